The smallest absolute Gasteiger partial charge is 0.148 e. The average Bonchev–Trinajstić information content (AvgIpc) is 2.69. The van der Waals surface area contributed by atoms with Crippen molar-refractivity contribution in [2.75, 3.05) is 5.73 Å². The molecule has 98 valence electrons. The number of H-pyrrole nitrogens is 1. The van der Waals surface area contributed by atoms with E-state index in [-0.39, 0.29) is 0 Å². The van der Waals surface area contributed by atoms with Crippen LogP contribution in [0.4, 0.5) is 5.82 Å². The fourth-order valence-electron chi connectivity index (χ4n) is 5.44. The van der Waals surface area contributed by atoms with Gasteiger partial charge in [-0.25, -0.2) is 0 Å². The van der Waals surface area contributed by atoms with Crippen LogP contribution in [-0.2, 0) is 6.42 Å². The molecule has 4 fully saturated rings. The van der Waals surface area contributed by atoms with Crippen molar-refractivity contribution in [1.29, 1.82) is 0 Å². The van der Waals surface area contributed by atoms with Crippen LogP contribution in [-0.4, -0.2) is 10.2 Å². The van der Waals surface area contributed by atoms with Crippen LogP contribution in [0.5, 0.6) is 0 Å². The quantitative estimate of drug-likeness (QED) is 0.841. The molecule has 0 atom stereocenters. The highest BCUT2D eigenvalue weighted by Crippen LogP contribution is 2.60. The van der Waals surface area contributed by atoms with E-state index < -0.39 is 0 Å². The van der Waals surface area contributed by atoms with E-state index in [1.807, 2.05) is 0 Å². The van der Waals surface area contributed by atoms with Crippen LogP contribution in [0.15, 0.2) is 0 Å². The standard InChI is InChI=1S/C15H23N3/c1-2-12-14(17-18-15(12)16)13-10-4-8-3-9(6-10)7-11(13)5-8/h8-11,13H,2-7H2,1H3,(H3,16,17,18). The third-order valence-electron chi connectivity index (χ3n) is 5.84. The zero-order valence-electron chi connectivity index (χ0n) is 11.2. The summed E-state index contributed by atoms with van der Waals surface area (Å²) in [5.41, 5.74) is 8.69. The SMILES string of the molecule is CCc1c(N)n[nH]c1C1C2CC3CC(C2)CC1C3. The zero-order valence-corrected chi connectivity index (χ0v) is 11.2. The summed E-state index contributed by atoms with van der Waals surface area (Å²) in [5, 5.41) is 7.55. The number of rotatable bonds is 2. The maximum Gasteiger partial charge on any atom is 0.148 e. The third kappa shape index (κ3) is 1.39. The van der Waals surface area contributed by atoms with Gasteiger partial charge in [-0.2, -0.15) is 5.10 Å². The van der Waals surface area contributed by atoms with Gasteiger partial charge in [-0.15, -0.1) is 0 Å². The molecule has 1 aromatic rings. The molecule has 5 rings (SSSR count). The normalized spacial score (nSPS) is 41.5. The first-order valence-corrected chi connectivity index (χ1v) is 7.58. The monoisotopic (exact) mass is 245 g/mol. The molecule has 3 N–H and O–H groups in total. The van der Waals surface area contributed by atoms with Crippen molar-refractivity contribution in [3.05, 3.63) is 11.3 Å². The average molecular weight is 245 g/mol. The van der Waals surface area contributed by atoms with Gasteiger partial charge in [0.2, 0.25) is 0 Å². The van der Waals surface area contributed by atoms with Crippen LogP contribution in [0.2, 0.25) is 0 Å². The van der Waals surface area contributed by atoms with Crippen LogP contribution >= 0.6 is 0 Å². The summed E-state index contributed by atoms with van der Waals surface area (Å²) in [6.45, 7) is 2.20. The van der Waals surface area contributed by atoms with Crippen molar-refractivity contribution in [3.8, 4) is 0 Å². The molecule has 4 aliphatic rings. The molecule has 0 aromatic carbocycles. The number of hydrogen-bond acceptors (Lipinski definition) is 2. The Bertz CT molecular complexity index is 434. The van der Waals surface area contributed by atoms with Gasteiger partial charge in [-0.3, -0.25) is 5.10 Å². The van der Waals surface area contributed by atoms with Gasteiger partial charge >= 0.3 is 0 Å². The van der Waals surface area contributed by atoms with Crippen LogP contribution < -0.4 is 5.73 Å². The van der Waals surface area contributed by atoms with Crippen molar-refractivity contribution in [2.24, 2.45) is 23.7 Å². The summed E-state index contributed by atoms with van der Waals surface area (Å²) < 4.78 is 0. The van der Waals surface area contributed by atoms with E-state index in [1.54, 1.807) is 0 Å². The summed E-state index contributed by atoms with van der Waals surface area (Å²) in [4.78, 5) is 0. The van der Waals surface area contributed by atoms with Gasteiger partial charge in [0.1, 0.15) is 5.82 Å². The lowest BCUT2D eigenvalue weighted by Crippen LogP contribution is -2.44. The van der Waals surface area contributed by atoms with E-state index in [1.165, 1.54) is 43.4 Å². The highest BCUT2D eigenvalue weighted by atomic mass is 15.2. The van der Waals surface area contributed by atoms with E-state index in [2.05, 4.69) is 17.1 Å². The Hall–Kier alpha value is -0.990. The van der Waals surface area contributed by atoms with E-state index in [9.17, 15) is 0 Å². The maximum atomic E-state index is 6.00. The number of hydrogen-bond donors (Lipinski definition) is 2. The fourth-order valence-corrected chi connectivity index (χ4v) is 5.44. The van der Waals surface area contributed by atoms with Gasteiger partial charge in [0, 0.05) is 17.2 Å². The third-order valence-corrected chi connectivity index (χ3v) is 5.84. The minimum absolute atomic E-state index is 0.734. The molecular weight excluding hydrogens is 222 g/mol. The van der Waals surface area contributed by atoms with Gasteiger partial charge in [0.25, 0.3) is 0 Å². The zero-order chi connectivity index (χ0) is 12.3. The topological polar surface area (TPSA) is 54.7 Å². The van der Waals surface area contributed by atoms with Crippen molar-refractivity contribution in [1.82, 2.24) is 10.2 Å². The van der Waals surface area contributed by atoms with Gasteiger partial charge in [0.15, 0.2) is 0 Å². The first-order valence-electron chi connectivity index (χ1n) is 7.58. The summed E-state index contributed by atoms with van der Waals surface area (Å²) in [5.74, 6) is 5.36. The van der Waals surface area contributed by atoms with Crippen molar-refractivity contribution in [3.63, 3.8) is 0 Å². The lowest BCUT2D eigenvalue weighted by atomic mass is 9.51. The molecule has 3 nitrogen and oxygen atoms in total. The maximum absolute atomic E-state index is 6.00. The summed E-state index contributed by atoms with van der Waals surface area (Å²) in [7, 11) is 0. The first-order chi connectivity index (χ1) is 8.76. The van der Waals surface area contributed by atoms with Gasteiger partial charge in [-0.1, -0.05) is 6.92 Å². The van der Waals surface area contributed by atoms with Crippen LogP contribution in [0, 0.1) is 23.7 Å². The highest BCUT2D eigenvalue weighted by molar-refractivity contribution is 5.44. The van der Waals surface area contributed by atoms with Crippen molar-refractivity contribution < 1.29 is 0 Å². The summed E-state index contributed by atoms with van der Waals surface area (Å²) >= 11 is 0. The molecule has 0 unspecified atom stereocenters. The Balaban J connectivity index is 1.72. The van der Waals surface area contributed by atoms with Crippen molar-refractivity contribution >= 4 is 5.82 Å². The van der Waals surface area contributed by atoms with Gasteiger partial charge in [-0.05, 0) is 62.2 Å². The number of aromatic nitrogens is 2. The number of nitrogens with zero attached hydrogens (tertiary/aromatic N) is 1. The van der Waals surface area contributed by atoms with Gasteiger partial charge in [0.05, 0.1) is 0 Å². The van der Waals surface area contributed by atoms with E-state index in [4.69, 9.17) is 5.73 Å². The van der Waals surface area contributed by atoms with E-state index in [0.717, 1.165) is 41.8 Å². The number of aromatic amines is 1. The molecule has 0 spiro atoms. The number of nitrogen functional groups attached to an aromatic ring is 1. The Morgan fingerprint density at radius 1 is 1.11 bits per heavy atom. The lowest BCUT2D eigenvalue weighted by molar-refractivity contribution is -0.00442. The molecule has 0 amide bonds. The minimum atomic E-state index is 0.734. The molecule has 0 aliphatic heterocycles. The van der Waals surface area contributed by atoms with Crippen LogP contribution in [0.3, 0.4) is 0 Å². The molecular formula is C15H23N3. The van der Waals surface area contributed by atoms with Gasteiger partial charge < -0.3 is 5.73 Å². The van der Waals surface area contributed by atoms with Crippen molar-refractivity contribution in [2.45, 2.75) is 51.4 Å². The largest absolute Gasteiger partial charge is 0.382 e. The molecule has 0 saturated heterocycles. The highest BCUT2D eigenvalue weighted by Gasteiger charge is 2.49. The molecule has 1 aromatic heterocycles. The Labute approximate surface area is 109 Å². The number of nitrogens with two attached hydrogens (primary N) is 1. The predicted molar refractivity (Wildman–Crippen MR) is 72.2 cm³/mol. The molecule has 4 bridgehead atoms. The second kappa shape index (κ2) is 3.75. The minimum Gasteiger partial charge on any atom is -0.382 e. The summed E-state index contributed by atoms with van der Waals surface area (Å²) in [6.07, 6.45) is 8.37. The Morgan fingerprint density at radius 3 is 2.28 bits per heavy atom. The fraction of sp³-hybridized carbons (Fsp3) is 0.800. The van der Waals surface area contributed by atoms with Crippen LogP contribution in [0.1, 0.15) is 56.2 Å². The molecule has 18 heavy (non-hydrogen) atoms. The Kier molecular flexibility index (Phi) is 2.27. The molecule has 3 heteroatoms. The molecule has 4 saturated carbocycles. The summed E-state index contributed by atoms with van der Waals surface area (Å²) in [6, 6.07) is 0. The first kappa shape index (κ1) is 10.9. The van der Waals surface area contributed by atoms with E-state index in [0.29, 0.717) is 0 Å². The lowest BCUT2D eigenvalue weighted by Gasteiger charge is -2.54. The van der Waals surface area contributed by atoms with Crippen LogP contribution in [0.25, 0.3) is 0 Å². The number of nitrogens with one attached hydrogen (secondary N) is 1. The second-order valence-corrected chi connectivity index (χ2v) is 6.81. The predicted octanol–water partition coefficient (Wildman–Crippen LogP) is 3.09. The molecule has 4 aliphatic carbocycles. The molecule has 0 radical (unpaired) electrons. The number of anilines is 1. The van der Waals surface area contributed by atoms with E-state index >= 15 is 0 Å². The molecule has 1 heterocycles. The Morgan fingerprint density at radius 2 is 1.72 bits per heavy atom. The second-order valence-electron chi connectivity index (χ2n) is 6.81.